The van der Waals surface area contributed by atoms with E-state index in [4.69, 9.17) is 4.74 Å². The van der Waals surface area contributed by atoms with Crippen molar-refractivity contribution in [2.24, 2.45) is 0 Å². The number of hydrogen-bond acceptors (Lipinski definition) is 5. The number of rotatable bonds is 4. The molecule has 3 aromatic rings. The van der Waals surface area contributed by atoms with E-state index in [0.717, 1.165) is 14.9 Å². The van der Waals surface area contributed by atoms with E-state index in [9.17, 15) is 13.2 Å². The Labute approximate surface area is 175 Å². The third-order valence-electron chi connectivity index (χ3n) is 4.69. The minimum atomic E-state index is -3.77. The number of thiophene rings is 1. The summed E-state index contributed by atoms with van der Waals surface area (Å²) in [6.45, 7) is 0. The summed E-state index contributed by atoms with van der Waals surface area (Å²) >= 11 is 4.77. The molecule has 0 radical (unpaired) electrons. The quantitative estimate of drug-likeness (QED) is 0.584. The molecule has 0 saturated heterocycles. The molecular weight excluding hydrogens is 462 g/mol. The van der Waals surface area contributed by atoms with Gasteiger partial charge in [-0.05, 0) is 42.0 Å². The van der Waals surface area contributed by atoms with Crippen LogP contribution in [0.1, 0.15) is 22.8 Å². The van der Waals surface area contributed by atoms with E-state index in [1.54, 1.807) is 17.5 Å². The van der Waals surface area contributed by atoms with Gasteiger partial charge in [-0.2, -0.15) is 0 Å². The molecule has 0 spiro atoms. The van der Waals surface area contributed by atoms with Gasteiger partial charge in [0.2, 0.25) is 15.7 Å². The number of carbonyl (C=O) groups excluding carboxylic acids is 1. The number of halogens is 1. The van der Waals surface area contributed by atoms with E-state index >= 15 is 0 Å². The summed E-state index contributed by atoms with van der Waals surface area (Å²) in [6.07, 6.45) is 0.289. The molecule has 0 unspecified atom stereocenters. The highest BCUT2D eigenvalue weighted by Crippen LogP contribution is 2.46. The first-order valence-electron chi connectivity index (χ1n) is 8.46. The first-order valence-corrected chi connectivity index (χ1v) is 11.6. The molecule has 1 aromatic heterocycles. The number of nitrogens with one attached hydrogen (secondary N) is 1. The van der Waals surface area contributed by atoms with E-state index in [1.165, 1.54) is 30.6 Å². The first kappa shape index (κ1) is 19.2. The molecule has 0 fully saturated rings. The fourth-order valence-corrected chi connectivity index (χ4v) is 6.42. The number of benzene rings is 2. The van der Waals surface area contributed by atoms with Crippen LogP contribution < -0.4 is 10.1 Å². The minimum absolute atomic E-state index is 0.132. The van der Waals surface area contributed by atoms with E-state index < -0.39 is 9.84 Å². The lowest BCUT2D eigenvalue weighted by atomic mass is 9.91. The summed E-state index contributed by atoms with van der Waals surface area (Å²) < 4.78 is 32.4. The van der Waals surface area contributed by atoms with Gasteiger partial charge in [-0.1, -0.05) is 28.1 Å². The van der Waals surface area contributed by atoms with Gasteiger partial charge in [0.05, 0.1) is 17.7 Å². The lowest BCUT2D eigenvalue weighted by Crippen LogP contribution is -2.23. The van der Waals surface area contributed by atoms with E-state index in [0.29, 0.717) is 11.4 Å². The molecule has 144 valence electrons. The Kier molecular flexibility index (Phi) is 5.03. The standard InChI is InChI=1S/C20H16BrNO4S2/c1-26-14-6-8-15(9-7-14)28(24,25)17-11-27-20-16(10-18(23)22-19(17)20)12-2-4-13(21)5-3-12/h2-9,11,16H,10H2,1H3,(H,22,23)/t16-/m1/s1. The third-order valence-corrected chi connectivity index (χ3v) is 8.26. The van der Waals surface area contributed by atoms with Crippen LogP contribution >= 0.6 is 27.3 Å². The molecule has 8 heteroatoms. The van der Waals surface area contributed by atoms with Gasteiger partial charge in [-0.15, -0.1) is 11.3 Å². The summed E-state index contributed by atoms with van der Waals surface area (Å²) in [5.74, 6) is 0.224. The number of ether oxygens (including phenoxy) is 1. The molecule has 2 heterocycles. The number of methoxy groups -OCH3 is 1. The smallest absolute Gasteiger partial charge is 0.225 e. The molecule has 5 nitrogen and oxygen atoms in total. The number of hydrogen-bond donors (Lipinski definition) is 1. The highest BCUT2D eigenvalue weighted by Gasteiger charge is 2.34. The second kappa shape index (κ2) is 7.35. The molecule has 4 rings (SSSR count). The SMILES string of the molecule is COc1ccc(S(=O)(=O)c2csc3c2NC(=O)C[C@@H]3c2ccc(Br)cc2)cc1. The molecule has 1 amide bonds. The molecule has 1 atom stereocenters. The number of anilines is 1. The van der Waals surface area contributed by atoms with Crippen molar-refractivity contribution in [3.05, 3.63) is 68.8 Å². The maximum absolute atomic E-state index is 13.2. The first-order chi connectivity index (χ1) is 13.4. The summed E-state index contributed by atoms with van der Waals surface area (Å²) in [7, 11) is -2.24. The molecule has 1 aliphatic rings. The Morgan fingerprint density at radius 1 is 1.11 bits per heavy atom. The molecule has 0 aliphatic carbocycles. The molecule has 0 bridgehead atoms. The second-order valence-electron chi connectivity index (χ2n) is 6.37. The molecule has 1 aliphatic heterocycles. The third kappa shape index (κ3) is 3.36. The van der Waals surface area contributed by atoms with Crippen LogP contribution in [0.3, 0.4) is 0 Å². The van der Waals surface area contributed by atoms with Crippen LogP contribution in [0.2, 0.25) is 0 Å². The number of sulfone groups is 1. The van der Waals surface area contributed by atoms with Crippen LogP contribution in [0, 0.1) is 0 Å². The highest BCUT2D eigenvalue weighted by molar-refractivity contribution is 9.10. The number of amides is 1. The molecule has 0 saturated carbocycles. The number of fused-ring (bicyclic) bond motifs is 1. The maximum Gasteiger partial charge on any atom is 0.225 e. The normalized spacial score (nSPS) is 16.4. The zero-order valence-corrected chi connectivity index (χ0v) is 18.0. The van der Waals surface area contributed by atoms with E-state index in [2.05, 4.69) is 21.2 Å². The van der Waals surface area contributed by atoms with Crippen molar-refractivity contribution in [1.82, 2.24) is 0 Å². The van der Waals surface area contributed by atoms with Crippen LogP contribution in [-0.4, -0.2) is 21.4 Å². The van der Waals surface area contributed by atoms with Crippen molar-refractivity contribution in [1.29, 1.82) is 0 Å². The van der Waals surface area contributed by atoms with Gasteiger partial charge in [0.1, 0.15) is 10.6 Å². The van der Waals surface area contributed by atoms with Crippen molar-refractivity contribution >= 4 is 48.7 Å². The Bertz CT molecular complexity index is 1140. The van der Waals surface area contributed by atoms with Crippen molar-refractivity contribution in [3.63, 3.8) is 0 Å². The molecule has 2 aromatic carbocycles. The van der Waals surface area contributed by atoms with Gasteiger partial charge >= 0.3 is 0 Å². The van der Waals surface area contributed by atoms with Crippen LogP contribution in [0.25, 0.3) is 0 Å². The molecule has 1 N–H and O–H groups in total. The number of carbonyl (C=O) groups is 1. The zero-order chi connectivity index (χ0) is 19.9. The topological polar surface area (TPSA) is 72.5 Å². The average Bonchev–Trinajstić information content (AvgIpc) is 3.12. The lowest BCUT2D eigenvalue weighted by Gasteiger charge is -2.23. The maximum atomic E-state index is 13.2. The van der Waals surface area contributed by atoms with E-state index in [1.807, 2.05) is 24.3 Å². The zero-order valence-electron chi connectivity index (χ0n) is 14.8. The van der Waals surface area contributed by atoms with Crippen molar-refractivity contribution < 1.29 is 17.9 Å². The van der Waals surface area contributed by atoms with Gasteiger partial charge < -0.3 is 10.1 Å². The van der Waals surface area contributed by atoms with Crippen LogP contribution in [0.5, 0.6) is 5.75 Å². The van der Waals surface area contributed by atoms with Crippen LogP contribution in [0.4, 0.5) is 5.69 Å². The van der Waals surface area contributed by atoms with Gasteiger partial charge in [-0.3, -0.25) is 4.79 Å². The van der Waals surface area contributed by atoms with Crippen LogP contribution in [0.15, 0.2) is 68.2 Å². The fraction of sp³-hybridized carbons (Fsp3) is 0.150. The van der Waals surface area contributed by atoms with Gasteiger partial charge in [0.25, 0.3) is 0 Å². The van der Waals surface area contributed by atoms with Crippen molar-refractivity contribution in [2.75, 3.05) is 12.4 Å². The molecular formula is C20H16BrNO4S2. The summed E-state index contributed by atoms with van der Waals surface area (Å²) in [5.41, 5.74) is 1.37. The summed E-state index contributed by atoms with van der Waals surface area (Å²) in [4.78, 5) is 13.5. The van der Waals surface area contributed by atoms with Crippen molar-refractivity contribution in [2.45, 2.75) is 22.1 Å². The minimum Gasteiger partial charge on any atom is -0.497 e. The van der Waals surface area contributed by atoms with Crippen molar-refractivity contribution in [3.8, 4) is 5.75 Å². The van der Waals surface area contributed by atoms with Gasteiger partial charge in [-0.25, -0.2) is 8.42 Å². The summed E-state index contributed by atoms with van der Waals surface area (Å²) in [6, 6.07) is 14.0. The Balaban J connectivity index is 1.79. The largest absolute Gasteiger partial charge is 0.497 e. The van der Waals surface area contributed by atoms with Gasteiger partial charge in [0.15, 0.2) is 0 Å². The van der Waals surface area contributed by atoms with E-state index in [-0.39, 0.29) is 28.0 Å². The second-order valence-corrected chi connectivity index (χ2v) is 10.1. The molecule has 28 heavy (non-hydrogen) atoms. The van der Waals surface area contributed by atoms with Crippen LogP contribution in [-0.2, 0) is 14.6 Å². The predicted octanol–water partition coefficient (Wildman–Crippen LogP) is 4.83. The predicted molar refractivity (Wildman–Crippen MR) is 112 cm³/mol. The highest BCUT2D eigenvalue weighted by atomic mass is 79.9. The monoisotopic (exact) mass is 477 g/mol. The van der Waals surface area contributed by atoms with Gasteiger partial charge in [0, 0.05) is 27.1 Å². The lowest BCUT2D eigenvalue weighted by molar-refractivity contribution is -0.116. The fourth-order valence-electron chi connectivity index (χ4n) is 3.25. The Hall–Kier alpha value is -2.16. The summed E-state index contributed by atoms with van der Waals surface area (Å²) in [5, 5.41) is 4.39. The Morgan fingerprint density at radius 3 is 2.43 bits per heavy atom. The average molecular weight is 478 g/mol. The Morgan fingerprint density at radius 2 is 1.79 bits per heavy atom.